The summed E-state index contributed by atoms with van der Waals surface area (Å²) in [6.07, 6.45) is 1.62. The summed E-state index contributed by atoms with van der Waals surface area (Å²) in [6, 6.07) is 13.4. The van der Waals surface area contributed by atoms with Crippen LogP contribution in [0.1, 0.15) is 18.4 Å². The van der Waals surface area contributed by atoms with Crippen molar-refractivity contribution >= 4 is 39.7 Å². The molecule has 6 nitrogen and oxygen atoms in total. The summed E-state index contributed by atoms with van der Waals surface area (Å²) in [5.41, 5.74) is 1.83. The van der Waals surface area contributed by atoms with Crippen molar-refractivity contribution in [3.8, 4) is 0 Å². The zero-order valence-corrected chi connectivity index (χ0v) is 16.7. The number of halogens is 1. The van der Waals surface area contributed by atoms with Crippen LogP contribution in [0.5, 0.6) is 0 Å². The minimum absolute atomic E-state index is 0. The van der Waals surface area contributed by atoms with Crippen LogP contribution in [-0.2, 0) is 14.8 Å². The number of carbonyl (C=O) groups is 1. The number of nitrogens with one attached hydrogen (secondary N) is 3. The van der Waals surface area contributed by atoms with Crippen LogP contribution in [0.3, 0.4) is 0 Å². The van der Waals surface area contributed by atoms with Crippen molar-refractivity contribution in [1.29, 1.82) is 0 Å². The predicted octanol–water partition coefficient (Wildman–Crippen LogP) is 3.16. The molecule has 3 N–H and O–H groups in total. The first-order valence-electron chi connectivity index (χ1n) is 8.66. The maximum Gasteiger partial charge on any atom is 0.261 e. The minimum Gasteiger partial charge on any atom is -0.326 e. The minimum atomic E-state index is -3.67. The molecule has 1 heterocycles. The van der Waals surface area contributed by atoms with Gasteiger partial charge in [-0.2, -0.15) is 0 Å². The largest absolute Gasteiger partial charge is 0.326 e. The topological polar surface area (TPSA) is 87.3 Å². The van der Waals surface area contributed by atoms with Crippen LogP contribution in [0.4, 0.5) is 11.4 Å². The summed E-state index contributed by atoms with van der Waals surface area (Å²) in [5.74, 6) is -0.0331. The normalized spacial score (nSPS) is 14.9. The summed E-state index contributed by atoms with van der Waals surface area (Å²) >= 11 is 0. The highest BCUT2D eigenvalue weighted by molar-refractivity contribution is 7.92. The lowest BCUT2D eigenvalue weighted by molar-refractivity contribution is -0.120. The Morgan fingerprint density at radius 3 is 2.41 bits per heavy atom. The molecule has 1 aliphatic rings. The summed E-state index contributed by atoms with van der Waals surface area (Å²) in [4.78, 5) is 12.6. The van der Waals surface area contributed by atoms with E-state index in [2.05, 4.69) is 15.4 Å². The number of carbonyl (C=O) groups excluding carboxylic acids is 1. The molecular formula is C19H24ClN3O3S. The van der Waals surface area contributed by atoms with Gasteiger partial charge >= 0.3 is 0 Å². The fourth-order valence-corrected chi connectivity index (χ4v) is 4.08. The number of amides is 1. The first-order valence-corrected chi connectivity index (χ1v) is 10.1. The Labute approximate surface area is 166 Å². The molecule has 0 bridgehead atoms. The monoisotopic (exact) mass is 409 g/mol. The van der Waals surface area contributed by atoms with E-state index < -0.39 is 10.0 Å². The number of hydrogen-bond donors (Lipinski definition) is 3. The van der Waals surface area contributed by atoms with E-state index in [0.717, 1.165) is 31.5 Å². The van der Waals surface area contributed by atoms with E-state index in [4.69, 9.17) is 0 Å². The highest BCUT2D eigenvalue weighted by atomic mass is 35.5. The molecule has 146 valence electrons. The van der Waals surface area contributed by atoms with E-state index in [0.29, 0.717) is 11.4 Å². The maximum atomic E-state index is 12.5. The molecule has 1 aliphatic heterocycles. The van der Waals surface area contributed by atoms with Gasteiger partial charge in [-0.05, 0) is 62.7 Å². The van der Waals surface area contributed by atoms with E-state index in [9.17, 15) is 13.2 Å². The number of aryl methyl sites for hydroxylation is 1. The second-order valence-electron chi connectivity index (χ2n) is 6.46. The van der Waals surface area contributed by atoms with Gasteiger partial charge in [0.2, 0.25) is 5.91 Å². The van der Waals surface area contributed by atoms with Crippen molar-refractivity contribution in [3.63, 3.8) is 0 Å². The van der Waals surface area contributed by atoms with Gasteiger partial charge in [-0.15, -0.1) is 12.4 Å². The molecule has 2 aromatic rings. The lowest BCUT2D eigenvalue weighted by Crippen LogP contribution is -2.34. The molecule has 1 amide bonds. The quantitative estimate of drug-likeness (QED) is 0.707. The molecule has 0 saturated carbocycles. The van der Waals surface area contributed by atoms with Crippen molar-refractivity contribution in [1.82, 2.24) is 5.32 Å². The predicted molar refractivity (Wildman–Crippen MR) is 110 cm³/mol. The first kappa shape index (κ1) is 21.2. The van der Waals surface area contributed by atoms with Gasteiger partial charge in [-0.25, -0.2) is 8.42 Å². The molecular weight excluding hydrogens is 386 g/mol. The van der Waals surface area contributed by atoms with Crippen molar-refractivity contribution < 1.29 is 13.2 Å². The highest BCUT2D eigenvalue weighted by Gasteiger charge is 2.21. The molecule has 0 unspecified atom stereocenters. The lowest BCUT2D eigenvalue weighted by Gasteiger charge is -2.22. The Morgan fingerprint density at radius 1 is 1.07 bits per heavy atom. The van der Waals surface area contributed by atoms with Crippen molar-refractivity contribution in [2.24, 2.45) is 5.92 Å². The third-order valence-corrected chi connectivity index (χ3v) is 5.89. The summed E-state index contributed by atoms with van der Waals surface area (Å²) < 4.78 is 27.7. The lowest BCUT2D eigenvalue weighted by atomic mass is 9.97. The van der Waals surface area contributed by atoms with Crippen LogP contribution < -0.4 is 15.4 Å². The van der Waals surface area contributed by atoms with Gasteiger partial charge in [0.25, 0.3) is 10.0 Å². The third kappa shape index (κ3) is 5.45. The van der Waals surface area contributed by atoms with E-state index in [1.165, 1.54) is 0 Å². The van der Waals surface area contributed by atoms with Crippen molar-refractivity contribution in [3.05, 3.63) is 54.1 Å². The highest BCUT2D eigenvalue weighted by Crippen LogP contribution is 2.24. The smallest absolute Gasteiger partial charge is 0.261 e. The molecule has 0 aliphatic carbocycles. The summed E-state index contributed by atoms with van der Waals surface area (Å²) in [6.45, 7) is 3.50. The van der Waals surface area contributed by atoms with Gasteiger partial charge in [-0.1, -0.05) is 24.3 Å². The Hall–Kier alpha value is -2.09. The van der Waals surface area contributed by atoms with E-state index in [-0.39, 0.29) is 29.1 Å². The van der Waals surface area contributed by atoms with Crippen LogP contribution in [0.2, 0.25) is 0 Å². The van der Waals surface area contributed by atoms with Crippen LogP contribution in [0, 0.1) is 12.8 Å². The molecule has 8 heteroatoms. The molecule has 0 atom stereocenters. The Kier molecular flexibility index (Phi) is 7.24. The molecule has 0 radical (unpaired) electrons. The maximum absolute atomic E-state index is 12.5. The average molecular weight is 410 g/mol. The number of rotatable bonds is 5. The summed E-state index contributed by atoms with van der Waals surface area (Å²) in [7, 11) is -3.67. The Morgan fingerprint density at radius 2 is 1.74 bits per heavy atom. The van der Waals surface area contributed by atoms with E-state index >= 15 is 0 Å². The molecule has 2 aromatic carbocycles. The molecule has 0 spiro atoms. The average Bonchev–Trinajstić information content (AvgIpc) is 2.66. The fraction of sp³-hybridized carbons (Fsp3) is 0.316. The number of piperidine rings is 1. The van der Waals surface area contributed by atoms with Crippen molar-refractivity contribution in [2.45, 2.75) is 24.7 Å². The second kappa shape index (κ2) is 9.21. The van der Waals surface area contributed by atoms with Crippen LogP contribution >= 0.6 is 12.4 Å². The van der Waals surface area contributed by atoms with Gasteiger partial charge in [0.05, 0.1) is 10.6 Å². The van der Waals surface area contributed by atoms with Gasteiger partial charge in [0.1, 0.15) is 0 Å². The number of sulfonamides is 1. The number of hydrogen-bond acceptors (Lipinski definition) is 4. The van der Waals surface area contributed by atoms with E-state index in [1.54, 1.807) is 48.5 Å². The molecule has 1 fully saturated rings. The number of benzene rings is 2. The van der Waals surface area contributed by atoms with Crippen LogP contribution in [0.25, 0.3) is 0 Å². The Bertz CT molecular complexity index is 882. The molecule has 0 aromatic heterocycles. The first-order chi connectivity index (χ1) is 12.5. The Balaban J connectivity index is 0.00000261. The van der Waals surface area contributed by atoms with Gasteiger partial charge in [0.15, 0.2) is 0 Å². The SMILES string of the molecule is Cc1ccc(NC(=O)C2CCNCC2)cc1NS(=O)(=O)c1ccccc1.Cl. The van der Waals surface area contributed by atoms with Crippen LogP contribution in [0.15, 0.2) is 53.4 Å². The fourth-order valence-electron chi connectivity index (χ4n) is 2.94. The number of anilines is 2. The zero-order valence-electron chi connectivity index (χ0n) is 15.1. The standard InChI is InChI=1S/C19H23N3O3S.ClH/c1-14-7-8-16(21-19(23)15-9-11-20-12-10-15)13-18(14)22-26(24,25)17-5-3-2-4-6-17;/h2-8,13,15,20,22H,9-12H2,1H3,(H,21,23);1H. The van der Waals surface area contributed by atoms with Gasteiger partial charge in [-0.3, -0.25) is 9.52 Å². The molecule has 3 rings (SSSR count). The zero-order chi connectivity index (χ0) is 18.6. The molecule has 1 saturated heterocycles. The van der Waals surface area contributed by atoms with Crippen molar-refractivity contribution in [2.75, 3.05) is 23.1 Å². The summed E-state index contributed by atoms with van der Waals surface area (Å²) in [5, 5.41) is 6.14. The van der Waals surface area contributed by atoms with E-state index in [1.807, 2.05) is 6.92 Å². The third-order valence-electron chi connectivity index (χ3n) is 4.51. The van der Waals surface area contributed by atoms with Gasteiger partial charge in [0, 0.05) is 11.6 Å². The second-order valence-corrected chi connectivity index (χ2v) is 8.14. The van der Waals surface area contributed by atoms with Crippen LogP contribution in [-0.4, -0.2) is 27.4 Å². The van der Waals surface area contributed by atoms with Gasteiger partial charge < -0.3 is 10.6 Å². The molecule has 27 heavy (non-hydrogen) atoms.